The summed E-state index contributed by atoms with van der Waals surface area (Å²) >= 11 is 0. The predicted molar refractivity (Wildman–Crippen MR) is 125 cm³/mol. The maximum Gasteiger partial charge on any atom is 0.410 e. The largest absolute Gasteiger partial charge is 0.489 e. The Bertz CT molecular complexity index is 890. The molecule has 1 atom stereocenters. The quantitative estimate of drug-likeness (QED) is 0.638. The number of piperidine rings is 1. The molecule has 0 saturated carbocycles. The fourth-order valence-corrected chi connectivity index (χ4v) is 3.82. The van der Waals surface area contributed by atoms with Gasteiger partial charge in [0.05, 0.1) is 0 Å². The Morgan fingerprint density at radius 3 is 2.41 bits per heavy atom. The lowest BCUT2D eigenvalue weighted by atomic mass is 9.97. The van der Waals surface area contributed by atoms with Crippen molar-refractivity contribution in [2.45, 2.75) is 45.8 Å². The molecule has 2 aromatic carbocycles. The van der Waals surface area contributed by atoms with Crippen LogP contribution in [0.15, 0.2) is 54.6 Å². The lowest BCUT2D eigenvalue weighted by Crippen LogP contribution is -2.45. The van der Waals surface area contributed by atoms with Gasteiger partial charge in [-0.15, -0.1) is 0 Å². The topological polar surface area (TPSA) is 59.1 Å². The molecule has 1 heterocycles. The highest BCUT2D eigenvalue weighted by Gasteiger charge is 2.27. The van der Waals surface area contributed by atoms with Crippen LogP contribution in [0.25, 0.3) is 0 Å². The summed E-state index contributed by atoms with van der Waals surface area (Å²) in [4.78, 5) is 28.8. The second-order valence-corrected chi connectivity index (χ2v) is 9.42. The summed E-state index contributed by atoms with van der Waals surface area (Å²) in [5.74, 6) is 0.990. The molecular weight excluding hydrogens is 404 g/mol. The number of nitrogens with zero attached hydrogens (tertiary/aromatic N) is 2. The zero-order chi connectivity index (χ0) is 23.1. The standard InChI is InChI=1S/C26H34N2O4/c1-26(2,3)32-25(30)27(4)17-21-11-8-16-28(18-21)24(29)22-12-14-23(15-13-22)31-19-20-9-6-5-7-10-20/h5-7,9-10,12-15,21H,8,11,16-19H2,1-4H3. The second kappa shape index (κ2) is 10.5. The smallest absolute Gasteiger partial charge is 0.410 e. The molecule has 0 radical (unpaired) electrons. The maximum absolute atomic E-state index is 13.0. The molecule has 2 amide bonds. The van der Waals surface area contributed by atoms with Gasteiger partial charge in [-0.1, -0.05) is 30.3 Å². The molecule has 1 aliphatic heterocycles. The van der Waals surface area contributed by atoms with Crippen molar-refractivity contribution in [2.24, 2.45) is 5.92 Å². The number of carbonyl (C=O) groups is 2. The van der Waals surface area contributed by atoms with Crippen LogP contribution in [-0.4, -0.2) is 54.1 Å². The fraction of sp³-hybridized carbons (Fsp3) is 0.462. The van der Waals surface area contributed by atoms with Gasteiger partial charge in [-0.25, -0.2) is 4.79 Å². The van der Waals surface area contributed by atoms with Crippen molar-refractivity contribution in [3.8, 4) is 5.75 Å². The van der Waals surface area contributed by atoms with Crippen LogP contribution in [0, 0.1) is 5.92 Å². The number of benzene rings is 2. The van der Waals surface area contributed by atoms with Gasteiger partial charge in [0, 0.05) is 32.2 Å². The Balaban J connectivity index is 1.52. The number of ether oxygens (including phenoxy) is 2. The van der Waals surface area contributed by atoms with Crippen molar-refractivity contribution in [3.63, 3.8) is 0 Å². The molecule has 0 aliphatic carbocycles. The van der Waals surface area contributed by atoms with E-state index in [0.29, 0.717) is 25.3 Å². The number of carbonyl (C=O) groups excluding carboxylic acids is 2. The first-order chi connectivity index (χ1) is 15.2. The minimum atomic E-state index is -0.517. The highest BCUT2D eigenvalue weighted by Crippen LogP contribution is 2.22. The Kier molecular flexibility index (Phi) is 7.78. The molecule has 2 aromatic rings. The molecule has 1 fully saturated rings. The van der Waals surface area contributed by atoms with E-state index in [1.165, 1.54) is 0 Å². The van der Waals surface area contributed by atoms with E-state index in [1.54, 1.807) is 11.9 Å². The van der Waals surface area contributed by atoms with E-state index in [-0.39, 0.29) is 17.9 Å². The third-order valence-corrected chi connectivity index (χ3v) is 5.39. The summed E-state index contributed by atoms with van der Waals surface area (Å²) in [6.45, 7) is 8.02. The molecule has 6 nitrogen and oxygen atoms in total. The van der Waals surface area contributed by atoms with Crippen LogP contribution in [0.2, 0.25) is 0 Å². The van der Waals surface area contributed by atoms with Crippen LogP contribution in [-0.2, 0) is 11.3 Å². The van der Waals surface area contributed by atoms with Crippen molar-refractivity contribution < 1.29 is 19.1 Å². The summed E-state index contributed by atoms with van der Waals surface area (Å²) in [5.41, 5.74) is 1.23. The highest BCUT2D eigenvalue weighted by molar-refractivity contribution is 5.94. The van der Waals surface area contributed by atoms with E-state index in [9.17, 15) is 9.59 Å². The first-order valence-corrected chi connectivity index (χ1v) is 11.2. The van der Waals surface area contributed by atoms with E-state index >= 15 is 0 Å². The average molecular weight is 439 g/mol. The van der Waals surface area contributed by atoms with Gasteiger partial charge in [-0.2, -0.15) is 0 Å². The molecular formula is C26H34N2O4. The van der Waals surface area contributed by atoms with Crippen molar-refractivity contribution in [3.05, 3.63) is 65.7 Å². The van der Waals surface area contributed by atoms with Gasteiger partial charge in [0.15, 0.2) is 0 Å². The minimum absolute atomic E-state index is 0.0178. The van der Waals surface area contributed by atoms with Crippen molar-refractivity contribution in [1.29, 1.82) is 0 Å². The SMILES string of the molecule is CN(CC1CCCN(C(=O)c2ccc(OCc3ccccc3)cc2)C1)C(=O)OC(C)(C)C. The van der Waals surface area contributed by atoms with E-state index in [0.717, 1.165) is 30.7 Å². The Morgan fingerprint density at radius 1 is 1.06 bits per heavy atom. The number of hydrogen-bond donors (Lipinski definition) is 0. The summed E-state index contributed by atoms with van der Waals surface area (Å²) < 4.78 is 11.3. The van der Waals surface area contributed by atoms with Crippen LogP contribution < -0.4 is 4.74 Å². The van der Waals surface area contributed by atoms with E-state index in [1.807, 2.05) is 80.3 Å². The van der Waals surface area contributed by atoms with Gasteiger partial charge in [0.2, 0.25) is 0 Å². The van der Waals surface area contributed by atoms with Gasteiger partial charge >= 0.3 is 6.09 Å². The molecule has 3 rings (SSSR count). The van der Waals surface area contributed by atoms with E-state index < -0.39 is 5.60 Å². The van der Waals surface area contributed by atoms with Gasteiger partial charge in [0.25, 0.3) is 5.91 Å². The lowest BCUT2D eigenvalue weighted by molar-refractivity contribution is 0.0244. The number of amides is 2. The Hall–Kier alpha value is -3.02. The molecule has 1 aliphatic rings. The van der Waals surface area contributed by atoms with Gasteiger partial charge < -0.3 is 19.3 Å². The van der Waals surface area contributed by atoms with Crippen molar-refractivity contribution in [2.75, 3.05) is 26.7 Å². The minimum Gasteiger partial charge on any atom is -0.489 e. The summed E-state index contributed by atoms with van der Waals surface area (Å²) in [6, 6.07) is 17.3. The molecule has 0 spiro atoms. The molecule has 1 saturated heterocycles. The fourth-order valence-electron chi connectivity index (χ4n) is 3.82. The second-order valence-electron chi connectivity index (χ2n) is 9.42. The third kappa shape index (κ3) is 7.01. The molecule has 32 heavy (non-hydrogen) atoms. The van der Waals surface area contributed by atoms with Gasteiger partial charge in [-0.05, 0) is 69.4 Å². The zero-order valence-corrected chi connectivity index (χ0v) is 19.5. The molecule has 0 aromatic heterocycles. The molecule has 6 heteroatoms. The first kappa shape index (κ1) is 23.6. The van der Waals surface area contributed by atoms with Crippen molar-refractivity contribution in [1.82, 2.24) is 9.80 Å². The van der Waals surface area contributed by atoms with E-state index in [2.05, 4.69) is 0 Å². The molecule has 1 unspecified atom stereocenters. The summed E-state index contributed by atoms with van der Waals surface area (Å²) in [6.07, 6.45) is 1.59. The van der Waals surface area contributed by atoms with Crippen LogP contribution >= 0.6 is 0 Å². The van der Waals surface area contributed by atoms with Crippen LogP contribution in [0.1, 0.15) is 49.5 Å². The predicted octanol–water partition coefficient (Wildman–Crippen LogP) is 4.98. The normalized spacial score (nSPS) is 16.4. The highest BCUT2D eigenvalue weighted by atomic mass is 16.6. The molecule has 0 bridgehead atoms. The van der Waals surface area contributed by atoms with Gasteiger partial charge in [0.1, 0.15) is 18.0 Å². The van der Waals surface area contributed by atoms with Crippen LogP contribution in [0.4, 0.5) is 4.79 Å². The Morgan fingerprint density at radius 2 is 1.75 bits per heavy atom. The zero-order valence-electron chi connectivity index (χ0n) is 19.5. The molecule has 172 valence electrons. The number of likely N-dealkylation sites (tertiary alicyclic amines) is 1. The van der Waals surface area contributed by atoms with Crippen LogP contribution in [0.3, 0.4) is 0 Å². The third-order valence-electron chi connectivity index (χ3n) is 5.39. The monoisotopic (exact) mass is 438 g/mol. The van der Waals surface area contributed by atoms with Crippen molar-refractivity contribution >= 4 is 12.0 Å². The van der Waals surface area contributed by atoms with Gasteiger partial charge in [-0.3, -0.25) is 4.79 Å². The summed E-state index contributed by atoms with van der Waals surface area (Å²) in [7, 11) is 1.75. The van der Waals surface area contributed by atoms with Crippen LogP contribution in [0.5, 0.6) is 5.75 Å². The summed E-state index contributed by atoms with van der Waals surface area (Å²) in [5, 5.41) is 0. The molecule has 0 N–H and O–H groups in total. The lowest BCUT2D eigenvalue weighted by Gasteiger charge is -2.35. The average Bonchev–Trinajstić information content (AvgIpc) is 2.77. The first-order valence-electron chi connectivity index (χ1n) is 11.2. The number of hydrogen-bond acceptors (Lipinski definition) is 4. The Labute approximate surface area is 191 Å². The van der Waals surface area contributed by atoms with E-state index in [4.69, 9.17) is 9.47 Å². The number of rotatable bonds is 6. The maximum atomic E-state index is 13.0.